The minimum Gasteiger partial charge on any atom is -0.360 e. The van der Waals surface area contributed by atoms with Gasteiger partial charge in [0.05, 0.1) is 0 Å². The summed E-state index contributed by atoms with van der Waals surface area (Å²) in [6.45, 7) is 7.32. The summed E-state index contributed by atoms with van der Waals surface area (Å²) < 4.78 is 34.8. The van der Waals surface area contributed by atoms with Crippen molar-refractivity contribution in [2.24, 2.45) is 5.92 Å². The SMILES string of the molecule is Cc1noc(C)c1S(=O)(=O)N1CCC(Cn2c(C)cnc2C2CC2)C1. The molecular weight excluding hydrogens is 340 g/mol. The Balaban J connectivity index is 1.51. The first kappa shape index (κ1) is 16.8. The molecule has 0 N–H and O–H groups in total. The van der Waals surface area contributed by atoms with Crippen LogP contribution in [0.5, 0.6) is 0 Å². The Morgan fingerprint density at radius 1 is 1.24 bits per heavy atom. The van der Waals surface area contributed by atoms with Crippen LogP contribution in [0.3, 0.4) is 0 Å². The predicted octanol–water partition coefficient (Wildman–Crippen LogP) is 2.38. The van der Waals surface area contributed by atoms with E-state index >= 15 is 0 Å². The van der Waals surface area contributed by atoms with Gasteiger partial charge in [-0.2, -0.15) is 4.31 Å². The average molecular weight is 364 g/mol. The van der Waals surface area contributed by atoms with E-state index in [4.69, 9.17) is 4.52 Å². The van der Waals surface area contributed by atoms with E-state index in [0.717, 1.165) is 18.7 Å². The van der Waals surface area contributed by atoms with Gasteiger partial charge in [-0.1, -0.05) is 5.16 Å². The van der Waals surface area contributed by atoms with Gasteiger partial charge in [-0.15, -0.1) is 0 Å². The third-order valence-corrected chi connectivity index (χ3v) is 7.39. The molecule has 4 rings (SSSR count). The second-order valence-corrected chi connectivity index (χ2v) is 9.19. The predicted molar refractivity (Wildman–Crippen MR) is 91.8 cm³/mol. The van der Waals surface area contributed by atoms with Crippen LogP contribution in [-0.2, 0) is 16.6 Å². The topological polar surface area (TPSA) is 81.2 Å². The van der Waals surface area contributed by atoms with Crippen LogP contribution in [0.25, 0.3) is 0 Å². The number of hydrogen-bond acceptors (Lipinski definition) is 5. The Bertz CT molecular complexity index is 876. The Labute approximate surface area is 148 Å². The molecule has 0 bridgehead atoms. The van der Waals surface area contributed by atoms with E-state index in [-0.39, 0.29) is 4.90 Å². The van der Waals surface area contributed by atoms with E-state index in [1.165, 1.54) is 18.7 Å². The summed E-state index contributed by atoms with van der Waals surface area (Å²) in [7, 11) is -3.54. The number of aromatic nitrogens is 3. The first-order valence-electron chi connectivity index (χ1n) is 8.83. The van der Waals surface area contributed by atoms with Crippen LogP contribution in [0.15, 0.2) is 15.6 Å². The molecule has 2 aliphatic rings. The number of imidazole rings is 1. The van der Waals surface area contributed by atoms with Gasteiger partial charge in [0, 0.05) is 37.4 Å². The van der Waals surface area contributed by atoms with Gasteiger partial charge in [0.15, 0.2) is 5.76 Å². The highest BCUT2D eigenvalue weighted by molar-refractivity contribution is 7.89. The third-order valence-electron chi connectivity index (χ3n) is 5.28. The number of hydrogen-bond donors (Lipinski definition) is 0. The quantitative estimate of drug-likeness (QED) is 0.814. The maximum absolute atomic E-state index is 12.9. The normalized spacial score (nSPS) is 22.0. The molecule has 1 aliphatic heterocycles. The molecule has 1 saturated carbocycles. The molecule has 25 heavy (non-hydrogen) atoms. The van der Waals surface area contributed by atoms with Crippen molar-refractivity contribution in [1.29, 1.82) is 0 Å². The average Bonchev–Trinajstić information content (AvgIpc) is 3.01. The van der Waals surface area contributed by atoms with E-state index in [1.807, 2.05) is 6.20 Å². The fraction of sp³-hybridized carbons (Fsp3) is 0.647. The maximum Gasteiger partial charge on any atom is 0.248 e. The summed E-state index contributed by atoms with van der Waals surface area (Å²) >= 11 is 0. The van der Waals surface area contributed by atoms with Crippen LogP contribution in [0.2, 0.25) is 0 Å². The van der Waals surface area contributed by atoms with Crippen molar-refractivity contribution in [3.63, 3.8) is 0 Å². The number of nitrogens with zero attached hydrogens (tertiary/aromatic N) is 4. The van der Waals surface area contributed by atoms with Crippen molar-refractivity contribution in [3.05, 3.63) is 29.2 Å². The summed E-state index contributed by atoms with van der Waals surface area (Å²) in [5.41, 5.74) is 1.59. The van der Waals surface area contributed by atoms with Gasteiger partial charge in [-0.3, -0.25) is 0 Å². The summed E-state index contributed by atoms with van der Waals surface area (Å²) in [5.74, 6) is 2.44. The van der Waals surface area contributed by atoms with Gasteiger partial charge in [0.1, 0.15) is 16.4 Å². The molecule has 0 spiro atoms. The van der Waals surface area contributed by atoms with Gasteiger partial charge in [-0.25, -0.2) is 13.4 Å². The second-order valence-electron chi connectivity index (χ2n) is 7.31. The molecule has 3 heterocycles. The molecule has 2 aromatic heterocycles. The fourth-order valence-corrected chi connectivity index (χ4v) is 5.60. The molecule has 2 fully saturated rings. The summed E-state index contributed by atoms with van der Waals surface area (Å²) in [6, 6.07) is 0. The van der Waals surface area contributed by atoms with Crippen molar-refractivity contribution in [1.82, 2.24) is 19.0 Å². The molecule has 1 saturated heterocycles. The van der Waals surface area contributed by atoms with Crippen LogP contribution in [-0.4, -0.2) is 40.5 Å². The zero-order chi connectivity index (χ0) is 17.8. The number of aryl methyl sites for hydroxylation is 3. The molecule has 0 aromatic carbocycles. The molecule has 1 unspecified atom stereocenters. The smallest absolute Gasteiger partial charge is 0.248 e. The Hall–Kier alpha value is -1.67. The molecule has 8 heteroatoms. The second kappa shape index (κ2) is 5.95. The van der Waals surface area contributed by atoms with E-state index < -0.39 is 10.0 Å². The highest BCUT2D eigenvalue weighted by atomic mass is 32.2. The molecule has 7 nitrogen and oxygen atoms in total. The van der Waals surface area contributed by atoms with Crippen LogP contribution in [0.1, 0.15) is 48.2 Å². The van der Waals surface area contributed by atoms with Crippen molar-refractivity contribution in [2.75, 3.05) is 13.1 Å². The van der Waals surface area contributed by atoms with Crippen LogP contribution in [0, 0.1) is 26.7 Å². The first-order valence-corrected chi connectivity index (χ1v) is 10.3. The lowest BCUT2D eigenvalue weighted by atomic mass is 10.1. The monoisotopic (exact) mass is 364 g/mol. The molecule has 1 aliphatic carbocycles. The number of rotatable bonds is 5. The number of sulfonamides is 1. The minimum atomic E-state index is -3.54. The first-order chi connectivity index (χ1) is 11.9. The van der Waals surface area contributed by atoms with Crippen molar-refractivity contribution in [3.8, 4) is 0 Å². The van der Waals surface area contributed by atoms with Gasteiger partial charge in [0.2, 0.25) is 10.0 Å². The molecule has 1 atom stereocenters. The summed E-state index contributed by atoms with van der Waals surface area (Å²) in [4.78, 5) is 4.79. The van der Waals surface area contributed by atoms with Gasteiger partial charge in [-0.05, 0) is 46.0 Å². The van der Waals surface area contributed by atoms with Crippen LogP contribution in [0.4, 0.5) is 0 Å². The largest absolute Gasteiger partial charge is 0.360 e. The molecular formula is C17H24N4O3S. The zero-order valence-corrected chi connectivity index (χ0v) is 15.7. The highest BCUT2D eigenvalue weighted by Crippen LogP contribution is 2.40. The van der Waals surface area contributed by atoms with Crippen molar-refractivity contribution in [2.45, 2.75) is 57.4 Å². The zero-order valence-electron chi connectivity index (χ0n) is 14.9. The summed E-state index contributed by atoms with van der Waals surface area (Å²) in [6.07, 6.45) is 5.23. The van der Waals surface area contributed by atoms with Crippen molar-refractivity contribution < 1.29 is 12.9 Å². The lowest BCUT2D eigenvalue weighted by molar-refractivity contribution is 0.389. The third kappa shape index (κ3) is 2.91. The van der Waals surface area contributed by atoms with E-state index in [2.05, 4.69) is 21.6 Å². The molecule has 2 aromatic rings. The maximum atomic E-state index is 12.9. The fourth-order valence-electron chi connectivity index (χ4n) is 3.78. The Morgan fingerprint density at radius 2 is 2.00 bits per heavy atom. The van der Waals surface area contributed by atoms with E-state index in [9.17, 15) is 8.42 Å². The van der Waals surface area contributed by atoms with Gasteiger partial charge < -0.3 is 9.09 Å². The molecule has 0 amide bonds. The lowest BCUT2D eigenvalue weighted by Crippen LogP contribution is -2.30. The van der Waals surface area contributed by atoms with Crippen LogP contribution < -0.4 is 0 Å². The van der Waals surface area contributed by atoms with Gasteiger partial charge in [0.25, 0.3) is 0 Å². The molecule has 136 valence electrons. The van der Waals surface area contributed by atoms with Crippen LogP contribution >= 0.6 is 0 Å². The van der Waals surface area contributed by atoms with E-state index in [1.54, 1.807) is 18.2 Å². The van der Waals surface area contributed by atoms with Gasteiger partial charge >= 0.3 is 0 Å². The Morgan fingerprint density at radius 3 is 2.64 bits per heavy atom. The molecule has 0 radical (unpaired) electrons. The lowest BCUT2D eigenvalue weighted by Gasteiger charge is -2.18. The highest BCUT2D eigenvalue weighted by Gasteiger charge is 2.37. The Kier molecular flexibility index (Phi) is 3.99. The standard InChI is InChI=1S/C17H24N4O3S/c1-11-8-18-17(15-4-5-15)21(11)10-14-6-7-20(9-14)25(22,23)16-12(2)19-24-13(16)3/h8,14-15H,4-7,9-10H2,1-3H3. The van der Waals surface area contributed by atoms with Crippen molar-refractivity contribution >= 4 is 10.0 Å². The summed E-state index contributed by atoms with van der Waals surface area (Å²) in [5, 5.41) is 3.79. The minimum absolute atomic E-state index is 0.227. The van der Waals surface area contributed by atoms with E-state index in [0.29, 0.717) is 36.4 Å².